The molecule has 0 aliphatic rings. The largest absolute Gasteiger partial charge is 0.391 e. The summed E-state index contributed by atoms with van der Waals surface area (Å²) < 4.78 is 1.59. The zero-order chi connectivity index (χ0) is 15.4. The molecular weight excluding hydrogens is 294 g/mol. The van der Waals surface area contributed by atoms with Crippen LogP contribution in [0.15, 0.2) is 30.5 Å². The first-order valence-corrected chi connectivity index (χ1v) is 6.77. The number of hydrogen-bond acceptors (Lipinski definition) is 4. The van der Waals surface area contributed by atoms with Crippen molar-refractivity contribution >= 4 is 17.5 Å². The van der Waals surface area contributed by atoms with E-state index < -0.39 is 12.0 Å². The molecule has 0 bridgehead atoms. The molecule has 0 fully saturated rings. The summed E-state index contributed by atoms with van der Waals surface area (Å²) in [6.45, 7) is 3.32. The number of amides is 1. The minimum atomic E-state index is -0.650. The fourth-order valence-corrected chi connectivity index (χ4v) is 1.82. The summed E-state index contributed by atoms with van der Waals surface area (Å²) in [6, 6.07) is 7.11. The van der Waals surface area contributed by atoms with Crippen molar-refractivity contribution < 1.29 is 14.7 Å². The lowest BCUT2D eigenvalue weighted by atomic mass is 10.2. The molecule has 1 unspecified atom stereocenters. The lowest BCUT2D eigenvalue weighted by molar-refractivity contribution is -0.00690. The second kappa shape index (κ2) is 6.71. The van der Waals surface area contributed by atoms with Crippen LogP contribution in [0.25, 0.3) is 5.69 Å². The quantitative estimate of drug-likeness (QED) is 0.827. The number of carbonyl (C=O) groups is 1. The molecule has 0 aliphatic carbocycles. The van der Waals surface area contributed by atoms with Crippen LogP contribution in [-0.2, 0) is 4.84 Å². The molecule has 1 atom stereocenters. The first kappa shape index (κ1) is 15.5. The molecule has 0 spiro atoms. The Morgan fingerprint density at radius 3 is 2.76 bits per heavy atom. The van der Waals surface area contributed by atoms with Gasteiger partial charge in [0.25, 0.3) is 5.91 Å². The highest BCUT2D eigenvalue weighted by Crippen LogP contribution is 2.15. The molecule has 1 amide bonds. The smallest absolute Gasteiger partial charge is 0.278 e. The van der Waals surface area contributed by atoms with Gasteiger partial charge in [0, 0.05) is 11.2 Å². The average molecular weight is 310 g/mol. The number of aromatic nitrogens is 2. The number of halogens is 1. The summed E-state index contributed by atoms with van der Waals surface area (Å²) in [5.41, 5.74) is 4.04. The van der Waals surface area contributed by atoms with Crippen LogP contribution in [0.2, 0.25) is 5.02 Å². The first-order valence-electron chi connectivity index (χ1n) is 6.40. The van der Waals surface area contributed by atoms with E-state index in [-0.39, 0.29) is 6.61 Å². The van der Waals surface area contributed by atoms with Crippen molar-refractivity contribution in [3.05, 3.63) is 46.7 Å². The highest BCUT2D eigenvalue weighted by atomic mass is 35.5. The molecule has 2 aromatic rings. The standard InChI is InChI=1S/C14H16ClN3O3/c1-9(19)8-21-17-14(20)13-7-18(16-10(13)2)12-5-3-11(15)4-6-12/h3-7,9,19H,8H2,1-2H3,(H,17,20). The van der Waals surface area contributed by atoms with Crippen molar-refractivity contribution in [1.82, 2.24) is 15.3 Å². The van der Waals surface area contributed by atoms with Crippen LogP contribution < -0.4 is 5.48 Å². The molecule has 1 heterocycles. The Balaban J connectivity index is 2.11. The summed E-state index contributed by atoms with van der Waals surface area (Å²) in [5.74, 6) is -0.409. The van der Waals surface area contributed by atoms with Gasteiger partial charge in [-0.05, 0) is 38.1 Å². The van der Waals surface area contributed by atoms with Crippen LogP contribution in [0.5, 0.6) is 0 Å². The van der Waals surface area contributed by atoms with Crippen molar-refractivity contribution in [2.24, 2.45) is 0 Å². The van der Waals surface area contributed by atoms with E-state index in [1.807, 2.05) is 0 Å². The number of aryl methyl sites for hydroxylation is 1. The molecule has 0 saturated heterocycles. The summed E-state index contributed by atoms with van der Waals surface area (Å²) in [5, 5.41) is 14.0. The van der Waals surface area contributed by atoms with E-state index in [2.05, 4.69) is 10.6 Å². The maximum atomic E-state index is 12.0. The lowest BCUT2D eigenvalue weighted by Crippen LogP contribution is -2.27. The summed E-state index contributed by atoms with van der Waals surface area (Å²) in [6.07, 6.45) is 0.961. The maximum Gasteiger partial charge on any atom is 0.278 e. The predicted molar refractivity (Wildman–Crippen MR) is 78.4 cm³/mol. The maximum absolute atomic E-state index is 12.0. The molecule has 1 aromatic carbocycles. The van der Waals surface area contributed by atoms with Crippen molar-refractivity contribution in [3.63, 3.8) is 0 Å². The molecule has 7 heteroatoms. The fraction of sp³-hybridized carbons (Fsp3) is 0.286. The minimum Gasteiger partial charge on any atom is -0.391 e. The van der Waals surface area contributed by atoms with Gasteiger partial charge in [0.2, 0.25) is 0 Å². The summed E-state index contributed by atoms with van der Waals surface area (Å²) in [7, 11) is 0. The molecular formula is C14H16ClN3O3. The van der Waals surface area contributed by atoms with Crippen molar-refractivity contribution in [1.29, 1.82) is 0 Å². The number of nitrogens with zero attached hydrogens (tertiary/aromatic N) is 2. The summed E-state index contributed by atoms with van der Waals surface area (Å²) >= 11 is 5.84. The fourth-order valence-electron chi connectivity index (χ4n) is 1.69. The number of carbonyl (C=O) groups excluding carboxylic acids is 1. The van der Waals surface area contributed by atoms with E-state index in [0.29, 0.717) is 16.3 Å². The van der Waals surface area contributed by atoms with Crippen LogP contribution in [0, 0.1) is 6.92 Å². The number of nitrogens with one attached hydrogen (secondary N) is 1. The normalized spacial score (nSPS) is 12.2. The van der Waals surface area contributed by atoms with Crippen molar-refractivity contribution in [2.75, 3.05) is 6.61 Å². The van der Waals surface area contributed by atoms with Gasteiger partial charge >= 0.3 is 0 Å². The molecule has 0 saturated carbocycles. The Bertz CT molecular complexity index is 623. The topological polar surface area (TPSA) is 76.4 Å². The monoisotopic (exact) mass is 309 g/mol. The van der Waals surface area contributed by atoms with Gasteiger partial charge in [-0.1, -0.05) is 11.6 Å². The molecule has 2 rings (SSSR count). The van der Waals surface area contributed by atoms with E-state index in [0.717, 1.165) is 5.69 Å². The first-order chi connectivity index (χ1) is 9.97. The van der Waals surface area contributed by atoms with Gasteiger partial charge in [-0.2, -0.15) is 5.10 Å². The average Bonchev–Trinajstić information content (AvgIpc) is 2.81. The van der Waals surface area contributed by atoms with Gasteiger partial charge < -0.3 is 5.11 Å². The molecule has 112 valence electrons. The van der Waals surface area contributed by atoms with Crippen LogP contribution in [0.4, 0.5) is 0 Å². The number of hydroxylamine groups is 1. The van der Waals surface area contributed by atoms with E-state index in [9.17, 15) is 4.79 Å². The molecule has 2 N–H and O–H groups in total. The van der Waals surface area contributed by atoms with Gasteiger partial charge in [0.1, 0.15) is 6.61 Å². The number of benzene rings is 1. The SMILES string of the molecule is Cc1nn(-c2ccc(Cl)cc2)cc1C(=O)NOCC(C)O. The highest BCUT2D eigenvalue weighted by Gasteiger charge is 2.14. The third-order valence-electron chi connectivity index (χ3n) is 2.72. The molecule has 21 heavy (non-hydrogen) atoms. The molecule has 6 nitrogen and oxygen atoms in total. The zero-order valence-electron chi connectivity index (χ0n) is 11.7. The van der Waals surface area contributed by atoms with Crippen LogP contribution in [-0.4, -0.2) is 33.5 Å². The van der Waals surface area contributed by atoms with E-state index in [1.54, 1.807) is 49.0 Å². The van der Waals surface area contributed by atoms with E-state index in [1.165, 1.54) is 0 Å². The Labute approximate surface area is 127 Å². The highest BCUT2D eigenvalue weighted by molar-refractivity contribution is 6.30. The Hall–Kier alpha value is -1.89. The third kappa shape index (κ3) is 4.04. The number of aliphatic hydroxyl groups excluding tert-OH is 1. The summed E-state index contributed by atoms with van der Waals surface area (Å²) in [4.78, 5) is 16.8. The third-order valence-corrected chi connectivity index (χ3v) is 2.98. The Morgan fingerprint density at radius 1 is 1.48 bits per heavy atom. The number of aliphatic hydroxyl groups is 1. The predicted octanol–water partition coefficient (Wildman–Crippen LogP) is 1.88. The Morgan fingerprint density at radius 2 is 2.14 bits per heavy atom. The molecule has 0 radical (unpaired) electrons. The van der Waals surface area contributed by atoms with E-state index in [4.69, 9.17) is 21.5 Å². The van der Waals surface area contributed by atoms with Gasteiger partial charge in [-0.25, -0.2) is 10.2 Å². The minimum absolute atomic E-state index is 0.0239. The van der Waals surface area contributed by atoms with Crippen LogP contribution in [0.3, 0.4) is 0 Å². The Kier molecular flexibility index (Phi) is 4.95. The molecule has 0 aliphatic heterocycles. The van der Waals surface area contributed by atoms with Gasteiger partial charge in [0.15, 0.2) is 0 Å². The van der Waals surface area contributed by atoms with Crippen LogP contribution in [0.1, 0.15) is 23.0 Å². The van der Waals surface area contributed by atoms with Crippen molar-refractivity contribution in [3.8, 4) is 5.69 Å². The second-order valence-electron chi connectivity index (χ2n) is 4.64. The zero-order valence-corrected chi connectivity index (χ0v) is 12.5. The van der Waals surface area contributed by atoms with Crippen LogP contribution >= 0.6 is 11.6 Å². The van der Waals surface area contributed by atoms with Crippen molar-refractivity contribution in [2.45, 2.75) is 20.0 Å². The lowest BCUT2D eigenvalue weighted by Gasteiger charge is -2.06. The van der Waals surface area contributed by atoms with Gasteiger partial charge in [0.05, 0.1) is 23.0 Å². The second-order valence-corrected chi connectivity index (χ2v) is 5.08. The molecule has 1 aromatic heterocycles. The number of hydrogen-bond donors (Lipinski definition) is 2. The number of rotatable bonds is 5. The van der Waals surface area contributed by atoms with Gasteiger partial charge in [-0.3, -0.25) is 9.63 Å². The van der Waals surface area contributed by atoms with Gasteiger partial charge in [-0.15, -0.1) is 0 Å². The van der Waals surface area contributed by atoms with E-state index >= 15 is 0 Å².